The molecule has 0 N–H and O–H groups in total. The van der Waals surface area contributed by atoms with Crippen molar-refractivity contribution in [3.8, 4) is 0 Å². The van der Waals surface area contributed by atoms with Gasteiger partial charge in [-0.1, -0.05) is 30.3 Å². The van der Waals surface area contributed by atoms with Gasteiger partial charge in [0.15, 0.2) is 0 Å². The Hall–Kier alpha value is -3.01. The van der Waals surface area contributed by atoms with Crippen molar-refractivity contribution in [2.75, 3.05) is 0 Å². The summed E-state index contributed by atoms with van der Waals surface area (Å²) in [5.41, 5.74) is 0.946. The van der Waals surface area contributed by atoms with Gasteiger partial charge in [-0.15, -0.1) is 0 Å². The third-order valence-corrected chi connectivity index (χ3v) is 3.87. The summed E-state index contributed by atoms with van der Waals surface area (Å²) in [6.45, 7) is 0. The lowest BCUT2D eigenvalue weighted by Crippen LogP contribution is -2.16. The first-order valence-electron chi connectivity index (χ1n) is 6.83. The van der Waals surface area contributed by atoms with Gasteiger partial charge in [0.2, 0.25) is 5.69 Å². The maximum atomic E-state index is 13.4. The second kappa shape index (κ2) is 4.49. The summed E-state index contributed by atoms with van der Waals surface area (Å²) in [5, 5.41) is 14.1. The van der Waals surface area contributed by atoms with Crippen LogP contribution in [0.3, 0.4) is 0 Å². The molecule has 3 aromatic rings. The fourth-order valence-electron chi connectivity index (χ4n) is 2.88. The Bertz CT molecular complexity index is 976. The van der Waals surface area contributed by atoms with Crippen molar-refractivity contribution < 1.29 is 13.9 Å². The number of ketones is 1. The molecular formula is C18H10FNO2. The first kappa shape index (κ1) is 12.7. The molecule has 106 valence electrons. The van der Waals surface area contributed by atoms with E-state index in [1.807, 2.05) is 24.3 Å². The lowest BCUT2D eigenvalue weighted by Gasteiger charge is -2.03. The van der Waals surface area contributed by atoms with Crippen molar-refractivity contribution in [2.45, 2.75) is 0 Å². The molecule has 0 saturated carbocycles. The highest BCUT2D eigenvalue weighted by molar-refractivity contribution is 6.53. The predicted molar refractivity (Wildman–Crippen MR) is 82.1 cm³/mol. The Morgan fingerprint density at radius 2 is 1.77 bits per heavy atom. The third-order valence-electron chi connectivity index (χ3n) is 3.87. The Labute approximate surface area is 125 Å². The van der Waals surface area contributed by atoms with E-state index in [9.17, 15) is 14.4 Å². The minimum absolute atomic E-state index is 0.0362. The number of rotatable bonds is 1. The van der Waals surface area contributed by atoms with Crippen molar-refractivity contribution in [3.63, 3.8) is 0 Å². The summed E-state index contributed by atoms with van der Waals surface area (Å²) in [5.74, 6) is -0.848. The minimum atomic E-state index is -0.480. The molecule has 0 bridgehead atoms. The summed E-state index contributed by atoms with van der Waals surface area (Å²) in [6.07, 6.45) is 0. The van der Waals surface area contributed by atoms with Crippen LogP contribution in [0.15, 0.2) is 60.7 Å². The molecule has 0 radical (unpaired) electrons. The summed E-state index contributed by atoms with van der Waals surface area (Å²) >= 11 is 0. The highest BCUT2D eigenvalue weighted by atomic mass is 19.1. The van der Waals surface area contributed by atoms with Crippen LogP contribution in [0.1, 0.15) is 15.9 Å². The van der Waals surface area contributed by atoms with Gasteiger partial charge < -0.3 is 5.21 Å². The van der Waals surface area contributed by atoms with E-state index in [2.05, 4.69) is 0 Å². The normalized spacial score (nSPS) is 13.8. The highest BCUT2D eigenvalue weighted by Crippen LogP contribution is 2.34. The smallest absolute Gasteiger partial charge is 0.273 e. The van der Waals surface area contributed by atoms with Crippen LogP contribution in [0.25, 0.3) is 10.8 Å². The minimum Gasteiger partial charge on any atom is -0.618 e. The summed E-state index contributed by atoms with van der Waals surface area (Å²) in [4.78, 5) is 12.7. The number of fused-ring (bicyclic) bond motifs is 3. The van der Waals surface area contributed by atoms with E-state index in [0.717, 1.165) is 10.8 Å². The fraction of sp³-hybridized carbons (Fsp3) is 0. The van der Waals surface area contributed by atoms with Crippen molar-refractivity contribution in [3.05, 3.63) is 82.8 Å². The van der Waals surface area contributed by atoms with Gasteiger partial charge in [-0.25, -0.2) is 4.39 Å². The number of carbonyl (C=O) groups is 1. The zero-order chi connectivity index (χ0) is 15.3. The van der Waals surface area contributed by atoms with Crippen molar-refractivity contribution in [2.24, 2.45) is 0 Å². The summed E-state index contributed by atoms with van der Waals surface area (Å²) < 4.78 is 14.0. The molecule has 1 aliphatic heterocycles. The molecule has 0 unspecified atom stereocenters. The first-order chi connectivity index (χ1) is 10.7. The van der Waals surface area contributed by atoms with E-state index in [-0.39, 0.29) is 11.5 Å². The molecule has 1 aliphatic rings. The average molecular weight is 291 g/mol. The van der Waals surface area contributed by atoms with Crippen LogP contribution in [-0.2, 0) is 0 Å². The van der Waals surface area contributed by atoms with Crippen LogP contribution in [0.4, 0.5) is 10.1 Å². The SMILES string of the molecule is O=C1C(c2cccc(F)c2)=[N+]([O-])c2ccc3ccccc3c21. The van der Waals surface area contributed by atoms with E-state index in [1.54, 1.807) is 18.2 Å². The van der Waals surface area contributed by atoms with Crippen LogP contribution in [0, 0.1) is 11.0 Å². The van der Waals surface area contributed by atoms with Gasteiger partial charge in [0.05, 0.1) is 5.56 Å². The Kier molecular flexibility index (Phi) is 2.60. The van der Waals surface area contributed by atoms with E-state index in [1.165, 1.54) is 18.2 Å². The molecule has 4 heteroatoms. The van der Waals surface area contributed by atoms with E-state index < -0.39 is 5.82 Å². The van der Waals surface area contributed by atoms with Crippen LogP contribution in [0.5, 0.6) is 0 Å². The lowest BCUT2D eigenvalue weighted by atomic mass is 9.97. The average Bonchev–Trinajstić information content (AvgIpc) is 2.79. The number of nitrogens with zero attached hydrogens (tertiary/aromatic N) is 1. The number of hydrogen-bond acceptors (Lipinski definition) is 2. The molecule has 3 aromatic carbocycles. The van der Waals surface area contributed by atoms with Gasteiger partial charge in [-0.05, 0) is 35.0 Å². The molecular weight excluding hydrogens is 281 g/mol. The second-order valence-corrected chi connectivity index (χ2v) is 5.16. The monoisotopic (exact) mass is 291 g/mol. The number of benzene rings is 3. The molecule has 0 saturated heterocycles. The predicted octanol–water partition coefficient (Wildman–Crippen LogP) is 3.81. The molecule has 0 fully saturated rings. The molecule has 3 nitrogen and oxygen atoms in total. The van der Waals surface area contributed by atoms with Gasteiger partial charge >= 0.3 is 0 Å². The van der Waals surface area contributed by atoms with Crippen LogP contribution in [0.2, 0.25) is 0 Å². The lowest BCUT2D eigenvalue weighted by molar-refractivity contribution is -0.355. The Balaban J connectivity index is 1.99. The largest absolute Gasteiger partial charge is 0.618 e. The highest BCUT2D eigenvalue weighted by Gasteiger charge is 2.38. The molecule has 4 rings (SSSR count). The molecule has 0 aliphatic carbocycles. The van der Waals surface area contributed by atoms with Gasteiger partial charge in [-0.3, -0.25) is 4.79 Å². The number of hydrogen-bond donors (Lipinski definition) is 0. The maximum absolute atomic E-state index is 13.4. The van der Waals surface area contributed by atoms with Crippen LogP contribution in [-0.4, -0.2) is 16.2 Å². The van der Waals surface area contributed by atoms with Crippen LogP contribution >= 0.6 is 0 Å². The number of Topliss-reactive ketones (excluding diaryl/α,β-unsaturated/α-hetero) is 1. The van der Waals surface area contributed by atoms with Gasteiger partial charge in [0.25, 0.3) is 11.5 Å². The van der Waals surface area contributed by atoms with Gasteiger partial charge in [-0.2, -0.15) is 4.74 Å². The molecule has 22 heavy (non-hydrogen) atoms. The van der Waals surface area contributed by atoms with E-state index in [0.29, 0.717) is 21.6 Å². The maximum Gasteiger partial charge on any atom is 0.273 e. The Morgan fingerprint density at radius 1 is 0.955 bits per heavy atom. The number of carbonyl (C=O) groups excluding carboxylic acids is 1. The molecule has 0 amide bonds. The molecule has 1 heterocycles. The molecule has 0 atom stereocenters. The van der Waals surface area contributed by atoms with E-state index in [4.69, 9.17) is 0 Å². The van der Waals surface area contributed by atoms with Crippen molar-refractivity contribution >= 4 is 28.0 Å². The van der Waals surface area contributed by atoms with Crippen molar-refractivity contribution in [1.82, 2.24) is 0 Å². The fourth-order valence-corrected chi connectivity index (χ4v) is 2.88. The molecule has 0 aromatic heterocycles. The summed E-state index contributed by atoms with van der Waals surface area (Å²) in [7, 11) is 0. The zero-order valence-electron chi connectivity index (χ0n) is 11.4. The molecule has 0 spiro atoms. The standard InChI is InChI=1S/C18H10FNO2/c19-13-6-3-5-12(10-13)17-18(21)16-14-7-2-1-4-11(14)8-9-15(16)20(17)22/h1-10H. The van der Waals surface area contributed by atoms with Gasteiger partial charge in [0.1, 0.15) is 11.4 Å². The first-order valence-corrected chi connectivity index (χ1v) is 6.83. The topological polar surface area (TPSA) is 43.1 Å². The van der Waals surface area contributed by atoms with Crippen LogP contribution < -0.4 is 0 Å². The summed E-state index contributed by atoms with van der Waals surface area (Å²) in [6, 6.07) is 16.4. The number of halogens is 1. The third kappa shape index (κ3) is 1.67. The Morgan fingerprint density at radius 3 is 2.59 bits per heavy atom. The van der Waals surface area contributed by atoms with Crippen molar-refractivity contribution in [1.29, 1.82) is 0 Å². The second-order valence-electron chi connectivity index (χ2n) is 5.16. The quantitative estimate of drug-likeness (QED) is 0.505. The van der Waals surface area contributed by atoms with Gasteiger partial charge in [0, 0.05) is 6.07 Å². The van der Waals surface area contributed by atoms with E-state index >= 15 is 0 Å². The zero-order valence-corrected chi connectivity index (χ0v) is 11.4.